The molecule has 7 heteroatoms. The van der Waals surface area contributed by atoms with Gasteiger partial charge in [0.05, 0.1) is 12.2 Å². The third kappa shape index (κ3) is 4.09. The summed E-state index contributed by atoms with van der Waals surface area (Å²) in [5, 5.41) is 8.70. The molecule has 1 aliphatic rings. The first-order chi connectivity index (χ1) is 14.0. The molecule has 1 saturated heterocycles. The van der Waals surface area contributed by atoms with Crippen LogP contribution in [0.3, 0.4) is 0 Å². The second-order valence-electron chi connectivity index (χ2n) is 8.26. The first-order valence-corrected chi connectivity index (χ1v) is 10.4. The van der Waals surface area contributed by atoms with Crippen LogP contribution >= 0.6 is 0 Å². The zero-order valence-corrected chi connectivity index (χ0v) is 17.4. The number of anilines is 2. The van der Waals surface area contributed by atoms with Crippen molar-refractivity contribution in [1.29, 1.82) is 0 Å². The Hall–Kier alpha value is -2.96. The molecule has 1 atom stereocenters. The van der Waals surface area contributed by atoms with Gasteiger partial charge in [0.2, 0.25) is 0 Å². The summed E-state index contributed by atoms with van der Waals surface area (Å²) in [4.78, 5) is 20.3. The van der Waals surface area contributed by atoms with Gasteiger partial charge < -0.3 is 14.8 Å². The molecular weight excluding hydrogens is 364 g/mol. The number of hydrogen-bond acceptors (Lipinski definition) is 3. The minimum atomic E-state index is -0.0528. The van der Waals surface area contributed by atoms with E-state index in [1.54, 1.807) is 6.20 Å². The summed E-state index contributed by atoms with van der Waals surface area (Å²) in [5.41, 5.74) is 2.37. The number of rotatable bonds is 5. The minimum absolute atomic E-state index is 0.0528. The van der Waals surface area contributed by atoms with Gasteiger partial charge in [-0.15, -0.1) is 0 Å². The molecule has 0 aliphatic carbocycles. The molecule has 0 radical (unpaired) electrons. The summed E-state index contributed by atoms with van der Waals surface area (Å²) in [6, 6.07) is 10.5. The number of carbonyl (C=O) groups is 1. The van der Waals surface area contributed by atoms with Crippen molar-refractivity contribution in [3.8, 4) is 0 Å². The van der Waals surface area contributed by atoms with E-state index in [-0.39, 0.29) is 12.1 Å². The molecule has 1 aliphatic heterocycles. The molecule has 2 N–H and O–H groups in total. The van der Waals surface area contributed by atoms with Crippen LogP contribution in [0.25, 0.3) is 10.9 Å². The molecule has 7 nitrogen and oxygen atoms in total. The van der Waals surface area contributed by atoms with E-state index in [2.05, 4.69) is 65.3 Å². The van der Waals surface area contributed by atoms with Crippen LogP contribution in [0.4, 0.5) is 16.3 Å². The summed E-state index contributed by atoms with van der Waals surface area (Å²) >= 11 is 0. The number of urea groups is 1. The molecule has 4 rings (SSSR count). The highest BCUT2D eigenvalue weighted by molar-refractivity contribution is 5.93. The fraction of sp³-hybridized carbons (Fsp3) is 0.455. The average molecular weight is 395 g/mol. The summed E-state index contributed by atoms with van der Waals surface area (Å²) in [5.74, 6) is 1.35. The van der Waals surface area contributed by atoms with Crippen LogP contribution in [0.15, 0.2) is 42.7 Å². The Labute approximate surface area is 171 Å². The smallest absolute Gasteiger partial charge is 0.323 e. The predicted octanol–water partition coefficient (Wildman–Crippen LogP) is 4.33. The van der Waals surface area contributed by atoms with Crippen molar-refractivity contribution in [2.45, 2.75) is 33.2 Å². The predicted molar refractivity (Wildman–Crippen MR) is 117 cm³/mol. The maximum Gasteiger partial charge on any atom is 0.323 e. The minimum Gasteiger partial charge on any atom is -0.367 e. The number of piperazine rings is 1. The Morgan fingerprint density at radius 2 is 1.93 bits per heavy atom. The van der Waals surface area contributed by atoms with Crippen LogP contribution in [-0.2, 0) is 0 Å². The van der Waals surface area contributed by atoms with E-state index in [4.69, 9.17) is 0 Å². The van der Waals surface area contributed by atoms with Crippen molar-refractivity contribution >= 4 is 28.4 Å². The second kappa shape index (κ2) is 8.19. The molecule has 0 bridgehead atoms. The number of nitrogens with zero attached hydrogens (tertiary/aromatic N) is 4. The fourth-order valence-corrected chi connectivity index (χ4v) is 4.23. The lowest BCUT2D eigenvalue weighted by atomic mass is 10.1. The van der Waals surface area contributed by atoms with E-state index < -0.39 is 0 Å². The number of aromatic amines is 1. The monoisotopic (exact) mass is 394 g/mol. The van der Waals surface area contributed by atoms with Crippen molar-refractivity contribution in [3.63, 3.8) is 0 Å². The second-order valence-corrected chi connectivity index (χ2v) is 8.26. The van der Waals surface area contributed by atoms with Gasteiger partial charge in [-0.3, -0.25) is 5.32 Å². The lowest BCUT2D eigenvalue weighted by Gasteiger charge is -2.36. The highest BCUT2D eigenvalue weighted by Gasteiger charge is 2.23. The zero-order chi connectivity index (χ0) is 20.4. The Balaban J connectivity index is 1.38. The number of benzene rings is 1. The van der Waals surface area contributed by atoms with Gasteiger partial charge in [-0.1, -0.05) is 19.9 Å². The van der Waals surface area contributed by atoms with Crippen LogP contribution in [0.2, 0.25) is 0 Å². The normalized spacial score (nSPS) is 15.9. The largest absolute Gasteiger partial charge is 0.367 e. The fourth-order valence-electron chi connectivity index (χ4n) is 4.23. The highest BCUT2D eigenvalue weighted by atomic mass is 16.2. The molecule has 1 aromatic carbocycles. The van der Waals surface area contributed by atoms with E-state index in [1.807, 2.05) is 21.8 Å². The maximum atomic E-state index is 12.8. The number of amides is 2. The zero-order valence-electron chi connectivity index (χ0n) is 17.4. The molecule has 1 fully saturated rings. The van der Waals surface area contributed by atoms with Crippen molar-refractivity contribution < 1.29 is 4.79 Å². The van der Waals surface area contributed by atoms with Gasteiger partial charge in [-0.2, -0.15) is 5.10 Å². The maximum absolute atomic E-state index is 12.8. The summed E-state index contributed by atoms with van der Waals surface area (Å²) in [6.45, 7) is 9.58. The van der Waals surface area contributed by atoms with Gasteiger partial charge in [0, 0.05) is 55.0 Å². The van der Waals surface area contributed by atoms with Crippen molar-refractivity contribution in [2.75, 3.05) is 36.4 Å². The molecule has 2 aromatic heterocycles. The number of carbonyl (C=O) groups excluding carboxylic acids is 1. The van der Waals surface area contributed by atoms with Crippen LogP contribution in [0, 0.1) is 5.92 Å². The van der Waals surface area contributed by atoms with Gasteiger partial charge in [-0.25, -0.2) is 9.48 Å². The number of hydrogen-bond donors (Lipinski definition) is 2. The van der Waals surface area contributed by atoms with Gasteiger partial charge in [0.25, 0.3) is 0 Å². The topological polar surface area (TPSA) is 69.2 Å². The Morgan fingerprint density at radius 3 is 2.69 bits per heavy atom. The third-order valence-corrected chi connectivity index (χ3v) is 5.61. The molecule has 0 saturated carbocycles. The lowest BCUT2D eigenvalue weighted by molar-refractivity contribution is 0.208. The van der Waals surface area contributed by atoms with Crippen LogP contribution in [-0.4, -0.2) is 51.9 Å². The molecule has 3 aromatic rings. The van der Waals surface area contributed by atoms with E-state index >= 15 is 0 Å². The molecule has 154 valence electrons. The van der Waals surface area contributed by atoms with Gasteiger partial charge in [0.15, 0.2) is 0 Å². The first-order valence-electron chi connectivity index (χ1n) is 10.4. The van der Waals surface area contributed by atoms with E-state index in [9.17, 15) is 4.79 Å². The number of H-pyrrole nitrogens is 1. The van der Waals surface area contributed by atoms with Crippen LogP contribution < -0.4 is 10.2 Å². The summed E-state index contributed by atoms with van der Waals surface area (Å²) < 4.78 is 1.92. The molecular formula is C22H30N6O. The van der Waals surface area contributed by atoms with Crippen molar-refractivity contribution in [1.82, 2.24) is 19.7 Å². The number of aromatic nitrogens is 3. The quantitative estimate of drug-likeness (QED) is 0.677. The first kappa shape index (κ1) is 19.4. The van der Waals surface area contributed by atoms with Gasteiger partial charge in [0.1, 0.15) is 5.82 Å². The Morgan fingerprint density at radius 1 is 1.14 bits per heavy atom. The average Bonchev–Trinajstić information content (AvgIpc) is 3.36. The van der Waals surface area contributed by atoms with Crippen LogP contribution in [0.1, 0.15) is 33.2 Å². The molecule has 1 unspecified atom stereocenters. The van der Waals surface area contributed by atoms with Gasteiger partial charge >= 0.3 is 6.03 Å². The van der Waals surface area contributed by atoms with Crippen molar-refractivity contribution in [3.05, 3.63) is 42.7 Å². The third-order valence-electron chi connectivity index (χ3n) is 5.61. The SMILES string of the molecule is CC(C)CC(C)n1nccc1NC(=O)N1CCN(c2cccc3[nH]ccc23)CC1. The molecule has 3 heterocycles. The van der Waals surface area contributed by atoms with Gasteiger partial charge in [-0.05, 0) is 37.5 Å². The Bertz CT molecular complexity index is 967. The van der Waals surface area contributed by atoms with E-state index in [1.165, 1.54) is 11.1 Å². The number of fused-ring (bicyclic) bond motifs is 1. The summed E-state index contributed by atoms with van der Waals surface area (Å²) in [6.07, 6.45) is 4.75. The lowest BCUT2D eigenvalue weighted by Crippen LogP contribution is -2.50. The van der Waals surface area contributed by atoms with Crippen molar-refractivity contribution in [2.24, 2.45) is 5.92 Å². The highest BCUT2D eigenvalue weighted by Crippen LogP contribution is 2.27. The number of nitrogens with one attached hydrogen (secondary N) is 2. The molecule has 0 spiro atoms. The van der Waals surface area contributed by atoms with E-state index in [0.29, 0.717) is 19.0 Å². The Kier molecular flexibility index (Phi) is 5.47. The molecule has 29 heavy (non-hydrogen) atoms. The molecule has 2 amide bonds. The standard InChI is InChI=1S/C22H30N6O/c1-16(2)15-17(3)28-21(8-10-24-28)25-22(29)27-13-11-26(12-14-27)20-6-4-5-19-18(20)7-9-23-19/h4-10,16-17,23H,11-15H2,1-3H3,(H,25,29). The van der Waals surface area contributed by atoms with E-state index in [0.717, 1.165) is 30.8 Å². The summed E-state index contributed by atoms with van der Waals surface area (Å²) in [7, 11) is 0. The van der Waals surface area contributed by atoms with Crippen LogP contribution in [0.5, 0.6) is 0 Å².